The lowest BCUT2D eigenvalue weighted by Gasteiger charge is -2.30. The highest BCUT2D eigenvalue weighted by atomic mass is 35.5. The van der Waals surface area contributed by atoms with Crippen molar-refractivity contribution in [2.24, 2.45) is 0 Å². The number of halogens is 2. The number of rotatable bonds is 8. The van der Waals surface area contributed by atoms with E-state index in [1.54, 1.807) is 61.1 Å². The third kappa shape index (κ3) is 7.33. The van der Waals surface area contributed by atoms with Crippen molar-refractivity contribution in [3.63, 3.8) is 0 Å². The molecule has 39 heavy (non-hydrogen) atoms. The van der Waals surface area contributed by atoms with Crippen molar-refractivity contribution >= 4 is 29.0 Å². The molecular weight excluding hydrogens is 549 g/mol. The molecule has 0 saturated carbocycles. The minimum atomic E-state index is -1.50. The van der Waals surface area contributed by atoms with Gasteiger partial charge in [0.05, 0.1) is 24.5 Å². The van der Waals surface area contributed by atoms with Gasteiger partial charge in [-0.1, -0.05) is 59.6 Å². The summed E-state index contributed by atoms with van der Waals surface area (Å²) >= 11 is 12.6. The number of aromatic nitrogens is 2. The molecule has 1 aromatic heterocycles. The fourth-order valence-electron chi connectivity index (χ4n) is 4.02. The summed E-state index contributed by atoms with van der Waals surface area (Å²) in [7, 11) is 0. The summed E-state index contributed by atoms with van der Waals surface area (Å²) in [6.45, 7) is 0.947. The van der Waals surface area contributed by atoms with Gasteiger partial charge in [0, 0.05) is 34.1 Å². The number of ether oxygens (including phenoxy) is 3. The Kier molecular flexibility index (Phi) is 9.15. The van der Waals surface area contributed by atoms with Crippen LogP contribution in [0.2, 0.25) is 10.0 Å². The van der Waals surface area contributed by atoms with E-state index in [2.05, 4.69) is 4.98 Å². The molecular formula is C27H23Cl2N3O7. The lowest BCUT2D eigenvalue weighted by molar-refractivity contribution is -0.742. The molecule has 10 nitrogen and oxygen atoms in total. The number of hydrogen-bond acceptors (Lipinski definition) is 7. The largest absolute Gasteiger partial charge is 0.491 e. The van der Waals surface area contributed by atoms with Crippen LogP contribution >= 0.6 is 23.2 Å². The van der Waals surface area contributed by atoms with E-state index in [1.807, 2.05) is 35.0 Å². The van der Waals surface area contributed by atoms with Gasteiger partial charge in [0.25, 0.3) is 5.09 Å². The van der Waals surface area contributed by atoms with Gasteiger partial charge in [-0.15, -0.1) is 10.1 Å². The molecule has 0 aliphatic carbocycles. The summed E-state index contributed by atoms with van der Waals surface area (Å²) in [5.74, 6) is -0.508. The van der Waals surface area contributed by atoms with Crippen LogP contribution in [0.1, 0.15) is 21.5 Å². The minimum Gasteiger partial charge on any atom is -0.491 e. The molecule has 0 spiro atoms. The number of benzene rings is 3. The molecule has 1 saturated heterocycles. The number of imidazole rings is 1. The maximum Gasteiger partial charge on any atom is 0.291 e. The van der Waals surface area contributed by atoms with Crippen molar-refractivity contribution in [3.8, 4) is 5.75 Å². The van der Waals surface area contributed by atoms with Gasteiger partial charge < -0.3 is 24.0 Å². The van der Waals surface area contributed by atoms with Gasteiger partial charge in [-0.2, -0.15) is 0 Å². The Morgan fingerprint density at radius 2 is 1.82 bits per heavy atom. The van der Waals surface area contributed by atoms with Gasteiger partial charge in [0.15, 0.2) is 5.78 Å². The molecule has 12 heteroatoms. The number of hydrogen-bond donors (Lipinski definition) is 1. The van der Waals surface area contributed by atoms with Gasteiger partial charge in [-0.3, -0.25) is 4.79 Å². The summed E-state index contributed by atoms with van der Waals surface area (Å²) in [6.07, 6.45) is 4.88. The predicted molar refractivity (Wildman–Crippen MR) is 142 cm³/mol. The van der Waals surface area contributed by atoms with E-state index < -0.39 is 10.9 Å². The Labute approximate surface area is 233 Å². The third-order valence-electron chi connectivity index (χ3n) is 5.74. The van der Waals surface area contributed by atoms with E-state index in [9.17, 15) is 4.79 Å². The average molecular weight is 572 g/mol. The average Bonchev–Trinajstić information content (AvgIpc) is 3.58. The third-order valence-corrected chi connectivity index (χ3v) is 6.29. The molecule has 2 atom stereocenters. The summed E-state index contributed by atoms with van der Waals surface area (Å²) < 4.78 is 20.4. The van der Waals surface area contributed by atoms with Crippen LogP contribution in [0.25, 0.3) is 0 Å². The van der Waals surface area contributed by atoms with E-state index in [0.29, 0.717) is 45.6 Å². The van der Waals surface area contributed by atoms with Crippen molar-refractivity contribution < 1.29 is 29.3 Å². The molecule has 0 radical (unpaired) electrons. The SMILES string of the molecule is O=C(c1ccccc1)c1ccc(OC[C@@H]2CO[C@@](Cn3ccnc3)(c3ccc(Cl)cc3Cl)O2)cc1.O=[N+]([O-])O. The predicted octanol–water partition coefficient (Wildman–Crippen LogP) is 5.42. The first-order chi connectivity index (χ1) is 18.8. The molecule has 202 valence electrons. The Bertz CT molecular complexity index is 1400. The second-order valence-electron chi connectivity index (χ2n) is 8.43. The number of carbonyl (C=O) groups is 1. The number of nitrogens with zero attached hydrogens (tertiary/aromatic N) is 3. The monoisotopic (exact) mass is 571 g/mol. The Morgan fingerprint density at radius 1 is 1.13 bits per heavy atom. The highest BCUT2D eigenvalue weighted by molar-refractivity contribution is 6.35. The van der Waals surface area contributed by atoms with E-state index in [4.69, 9.17) is 52.7 Å². The molecule has 1 aliphatic heterocycles. The molecule has 0 amide bonds. The highest BCUT2D eigenvalue weighted by Crippen LogP contribution is 2.40. The van der Waals surface area contributed by atoms with Crippen molar-refractivity contribution in [2.75, 3.05) is 13.2 Å². The van der Waals surface area contributed by atoms with Crippen molar-refractivity contribution in [1.29, 1.82) is 0 Å². The summed E-state index contributed by atoms with van der Waals surface area (Å²) in [6, 6.07) is 21.5. The fourth-order valence-corrected chi connectivity index (χ4v) is 4.58. The van der Waals surface area contributed by atoms with Gasteiger partial charge in [-0.25, -0.2) is 4.98 Å². The Balaban J connectivity index is 0.000000826. The molecule has 1 aliphatic rings. The van der Waals surface area contributed by atoms with Crippen LogP contribution in [-0.4, -0.2) is 44.9 Å². The van der Waals surface area contributed by atoms with Crippen LogP contribution in [0, 0.1) is 10.1 Å². The minimum absolute atomic E-state index is 0.0335. The highest BCUT2D eigenvalue weighted by Gasteiger charge is 2.45. The Morgan fingerprint density at radius 3 is 2.46 bits per heavy atom. The van der Waals surface area contributed by atoms with E-state index in [-0.39, 0.29) is 18.5 Å². The van der Waals surface area contributed by atoms with Gasteiger partial charge in [0.1, 0.15) is 18.5 Å². The van der Waals surface area contributed by atoms with Gasteiger partial charge >= 0.3 is 0 Å². The Hall–Kier alpha value is -3.96. The first-order valence-electron chi connectivity index (χ1n) is 11.6. The first-order valence-corrected chi connectivity index (χ1v) is 12.4. The first kappa shape index (κ1) is 28.1. The van der Waals surface area contributed by atoms with Gasteiger partial charge in [0.2, 0.25) is 5.79 Å². The van der Waals surface area contributed by atoms with Crippen molar-refractivity contribution in [1.82, 2.24) is 9.55 Å². The zero-order chi connectivity index (χ0) is 27.8. The molecule has 1 fully saturated rings. The topological polar surface area (TPSA) is 126 Å². The normalized spacial score (nSPS) is 18.2. The van der Waals surface area contributed by atoms with Crippen molar-refractivity contribution in [2.45, 2.75) is 18.4 Å². The van der Waals surface area contributed by atoms with Crippen LogP contribution in [0.3, 0.4) is 0 Å². The zero-order valence-electron chi connectivity index (χ0n) is 20.4. The smallest absolute Gasteiger partial charge is 0.291 e. The molecule has 5 rings (SSSR count). The summed E-state index contributed by atoms with van der Waals surface area (Å²) in [4.78, 5) is 25.1. The number of ketones is 1. The fraction of sp³-hybridized carbons (Fsp3) is 0.185. The summed E-state index contributed by atoms with van der Waals surface area (Å²) in [5, 5.41) is 14.6. The number of carbonyl (C=O) groups excluding carboxylic acids is 1. The maximum absolute atomic E-state index is 12.6. The molecule has 0 bridgehead atoms. The van der Waals surface area contributed by atoms with Crippen LogP contribution in [0.15, 0.2) is 91.5 Å². The van der Waals surface area contributed by atoms with E-state index in [1.165, 1.54) is 0 Å². The van der Waals surface area contributed by atoms with Gasteiger partial charge in [-0.05, 0) is 36.4 Å². The standard InChI is InChI=1S/C27H22Cl2N2O4.HNO3/c28-21-8-11-24(25(29)14-21)27(17-31-13-12-30-18-31)34-16-23(35-27)15-33-22-9-6-20(7-10-22)26(32)19-4-2-1-3-5-19;2-1(3)4/h1-14,18,23H,15-17H2;(H,2,3,4)/t23-,27-;/m1./s1. The molecule has 3 aromatic carbocycles. The maximum atomic E-state index is 12.6. The lowest BCUT2D eigenvalue weighted by atomic mass is 10.0. The second kappa shape index (κ2) is 12.7. The molecule has 1 N–H and O–H groups in total. The van der Waals surface area contributed by atoms with Crippen molar-refractivity contribution in [3.05, 3.63) is 128 Å². The molecule has 0 unspecified atom stereocenters. The van der Waals surface area contributed by atoms with Crippen LogP contribution in [-0.2, 0) is 21.8 Å². The lowest BCUT2D eigenvalue weighted by Crippen LogP contribution is -2.34. The van der Waals surface area contributed by atoms with Crippen LogP contribution in [0.5, 0.6) is 5.75 Å². The van der Waals surface area contributed by atoms with Crippen LogP contribution < -0.4 is 4.74 Å². The molecule has 2 heterocycles. The van der Waals surface area contributed by atoms with E-state index >= 15 is 0 Å². The zero-order valence-corrected chi connectivity index (χ0v) is 21.9. The quantitative estimate of drug-likeness (QED) is 0.169. The molecule has 4 aromatic rings. The van der Waals surface area contributed by atoms with E-state index in [0.717, 1.165) is 0 Å². The van der Waals surface area contributed by atoms with Crippen LogP contribution in [0.4, 0.5) is 0 Å². The summed E-state index contributed by atoms with van der Waals surface area (Å²) in [5.41, 5.74) is 1.93. The second-order valence-corrected chi connectivity index (χ2v) is 9.27.